The number of nitrogens with zero attached hydrogens (tertiary/aromatic N) is 4. The minimum absolute atomic E-state index is 0.105. The number of pyridine rings is 2. The highest BCUT2D eigenvalue weighted by atomic mass is 35.5. The number of hydrogen-bond donors (Lipinski definition) is 4. The van der Waals surface area contributed by atoms with E-state index in [-0.39, 0.29) is 35.6 Å². The molecule has 0 radical (unpaired) electrons. The Balaban J connectivity index is 0.000000174. The summed E-state index contributed by atoms with van der Waals surface area (Å²) in [6, 6.07) is 11.6. The summed E-state index contributed by atoms with van der Waals surface area (Å²) in [7, 11) is 0. The van der Waals surface area contributed by atoms with Gasteiger partial charge in [0.25, 0.3) is 23.6 Å². The van der Waals surface area contributed by atoms with Gasteiger partial charge < -0.3 is 39.8 Å². The van der Waals surface area contributed by atoms with E-state index in [2.05, 4.69) is 10.6 Å². The first-order valence-corrected chi connectivity index (χ1v) is 22.1. The average Bonchev–Trinajstić information content (AvgIpc) is 3.61. The van der Waals surface area contributed by atoms with Crippen LogP contribution in [-0.2, 0) is 25.9 Å². The number of amides is 4. The lowest BCUT2D eigenvalue weighted by atomic mass is 10.0. The molecule has 4 N–H and O–H groups in total. The number of anilines is 2. The van der Waals surface area contributed by atoms with Crippen LogP contribution >= 0.6 is 23.2 Å². The number of aromatic nitrogens is 2. The van der Waals surface area contributed by atoms with Crippen LogP contribution in [0, 0.1) is 34.9 Å². The maximum atomic E-state index is 14.1. The number of carbonyl (C=O) groups is 4. The molecular weight excluding hydrogens is 973 g/mol. The van der Waals surface area contributed by atoms with Crippen molar-refractivity contribution in [3.63, 3.8) is 0 Å². The summed E-state index contributed by atoms with van der Waals surface area (Å²) in [5.74, 6) is -10.1. The molecule has 2 aromatic heterocycles. The number of aromatic hydroxyl groups is 2. The van der Waals surface area contributed by atoms with Crippen LogP contribution in [0.25, 0.3) is 0 Å². The fourth-order valence-corrected chi connectivity index (χ4v) is 9.42. The molecule has 4 amide bonds. The standard InChI is InChI=1S/2C24H17ClF3N3O4/c2*25-18-16(27)6-3-12(19(18)28)8-29-23(34)15-10-30-14-5-2-11-1-4-13(26)7-17(11)31(9-14)24(35)20(30)22(33)21(15)32/h2*1,3-4,6-7,10,14,33H,2,5,8-9H2,(H,29,34). The van der Waals surface area contributed by atoms with Gasteiger partial charge in [-0.25, -0.2) is 26.3 Å². The Morgan fingerprint density at radius 1 is 0.586 bits per heavy atom. The van der Waals surface area contributed by atoms with Gasteiger partial charge in [-0.05, 0) is 73.2 Å². The maximum Gasteiger partial charge on any atom is 0.279 e. The van der Waals surface area contributed by atoms with Crippen LogP contribution in [0.3, 0.4) is 0 Å². The smallest absolute Gasteiger partial charge is 0.279 e. The molecule has 10 rings (SSSR count). The molecule has 4 aliphatic rings. The van der Waals surface area contributed by atoms with Crippen molar-refractivity contribution in [3.05, 3.63) is 183 Å². The normalized spacial score (nSPS) is 16.4. The zero-order valence-corrected chi connectivity index (χ0v) is 37.4. The molecule has 0 saturated heterocycles. The van der Waals surface area contributed by atoms with Crippen molar-refractivity contribution in [1.29, 1.82) is 0 Å². The van der Waals surface area contributed by atoms with E-state index >= 15 is 0 Å². The molecule has 0 spiro atoms. The number of rotatable bonds is 6. The fraction of sp³-hybridized carbons (Fsp3) is 0.208. The van der Waals surface area contributed by atoms with Gasteiger partial charge in [-0.3, -0.25) is 28.8 Å². The fourth-order valence-electron chi connectivity index (χ4n) is 9.05. The van der Waals surface area contributed by atoms with Crippen LogP contribution in [0.2, 0.25) is 10.0 Å². The summed E-state index contributed by atoms with van der Waals surface area (Å²) in [6.07, 6.45) is 4.38. The summed E-state index contributed by atoms with van der Waals surface area (Å²) in [4.78, 5) is 80.3. The second-order valence-corrected chi connectivity index (χ2v) is 17.5. The highest BCUT2D eigenvalue weighted by molar-refractivity contribution is 6.31. The number of fused-ring (bicyclic) bond motifs is 12. The van der Waals surface area contributed by atoms with Crippen LogP contribution in [-0.4, -0.2) is 56.1 Å². The Kier molecular flexibility index (Phi) is 12.5. The number of halogens is 8. The summed E-state index contributed by atoms with van der Waals surface area (Å²) >= 11 is 11.1. The summed E-state index contributed by atoms with van der Waals surface area (Å²) in [6.45, 7) is -0.483. The molecule has 6 heterocycles. The molecule has 22 heteroatoms. The van der Waals surface area contributed by atoms with E-state index in [1.54, 1.807) is 12.1 Å². The van der Waals surface area contributed by atoms with Gasteiger partial charge in [0.05, 0.1) is 23.5 Å². The van der Waals surface area contributed by atoms with Crippen molar-refractivity contribution in [2.45, 2.75) is 50.9 Å². The number of hydrogen-bond acceptors (Lipinski definition) is 8. The number of carbonyl (C=O) groups excluding carboxylic acids is 4. The molecule has 360 valence electrons. The van der Waals surface area contributed by atoms with Crippen LogP contribution in [0.4, 0.5) is 37.7 Å². The molecule has 2 unspecified atom stereocenters. The maximum absolute atomic E-state index is 14.1. The lowest BCUT2D eigenvalue weighted by molar-refractivity contribution is 0.0929. The third-order valence-corrected chi connectivity index (χ3v) is 13.4. The van der Waals surface area contributed by atoms with Crippen molar-refractivity contribution < 1.29 is 55.7 Å². The quantitative estimate of drug-likeness (QED) is 0.0983. The molecule has 4 bridgehead atoms. The second kappa shape index (κ2) is 18.4. The second-order valence-electron chi connectivity index (χ2n) is 16.7. The molecule has 0 fully saturated rings. The van der Waals surface area contributed by atoms with Gasteiger partial charge in [0.15, 0.2) is 22.9 Å². The van der Waals surface area contributed by atoms with Gasteiger partial charge in [0, 0.05) is 49.7 Å². The van der Waals surface area contributed by atoms with Crippen LogP contribution in [0.1, 0.15) is 88.9 Å². The molecule has 2 atom stereocenters. The number of aryl methyl sites for hydroxylation is 2. The Morgan fingerprint density at radius 3 is 1.36 bits per heavy atom. The molecule has 70 heavy (non-hydrogen) atoms. The molecule has 6 aromatic rings. The van der Waals surface area contributed by atoms with Crippen LogP contribution in [0.15, 0.2) is 82.6 Å². The highest BCUT2D eigenvalue weighted by Crippen LogP contribution is 2.40. The molecule has 14 nitrogen and oxygen atoms in total. The first-order valence-electron chi connectivity index (χ1n) is 21.3. The van der Waals surface area contributed by atoms with Crippen molar-refractivity contribution in [2.75, 3.05) is 22.9 Å². The molecular formula is C48H34Cl2F6N6O8. The van der Waals surface area contributed by atoms with E-state index in [4.69, 9.17) is 23.2 Å². The third kappa shape index (κ3) is 8.29. The topological polar surface area (TPSA) is 183 Å². The monoisotopic (exact) mass is 1010 g/mol. The lowest BCUT2D eigenvalue weighted by Gasteiger charge is -2.35. The highest BCUT2D eigenvalue weighted by Gasteiger charge is 2.40. The van der Waals surface area contributed by atoms with Gasteiger partial charge in [-0.15, -0.1) is 0 Å². The van der Waals surface area contributed by atoms with E-state index in [1.807, 2.05) is 0 Å². The van der Waals surface area contributed by atoms with Crippen molar-refractivity contribution in [2.24, 2.45) is 0 Å². The summed E-state index contributed by atoms with van der Waals surface area (Å²) in [5, 5.41) is 24.5. The Bertz CT molecular complexity index is 3170. The molecule has 0 aliphatic carbocycles. The predicted octanol–water partition coefficient (Wildman–Crippen LogP) is 7.40. The summed E-state index contributed by atoms with van der Waals surface area (Å²) in [5.41, 5.74) is -1.63. The van der Waals surface area contributed by atoms with Crippen LogP contribution in [0.5, 0.6) is 11.5 Å². The zero-order chi connectivity index (χ0) is 50.0. The minimum atomic E-state index is -1.08. The van der Waals surface area contributed by atoms with Gasteiger partial charge in [-0.1, -0.05) is 47.5 Å². The van der Waals surface area contributed by atoms with Crippen molar-refractivity contribution in [1.82, 2.24) is 19.8 Å². The van der Waals surface area contributed by atoms with Gasteiger partial charge in [-0.2, -0.15) is 0 Å². The van der Waals surface area contributed by atoms with Gasteiger partial charge >= 0.3 is 0 Å². The van der Waals surface area contributed by atoms with Crippen molar-refractivity contribution in [3.8, 4) is 11.5 Å². The molecule has 4 aliphatic heterocycles. The number of benzene rings is 4. The van der Waals surface area contributed by atoms with Gasteiger partial charge in [0.1, 0.15) is 56.1 Å². The van der Waals surface area contributed by atoms with E-state index in [9.17, 15) is 65.3 Å². The first-order chi connectivity index (χ1) is 33.3. The lowest BCUT2D eigenvalue weighted by Crippen LogP contribution is -2.44. The minimum Gasteiger partial charge on any atom is -0.503 e. The van der Waals surface area contributed by atoms with E-state index in [1.165, 1.54) is 55.6 Å². The molecule has 0 saturated carbocycles. The largest absolute Gasteiger partial charge is 0.503 e. The van der Waals surface area contributed by atoms with E-state index < -0.39 is 127 Å². The first kappa shape index (κ1) is 47.5. The van der Waals surface area contributed by atoms with E-state index in [0.29, 0.717) is 37.1 Å². The molecule has 4 aromatic carbocycles. The summed E-state index contributed by atoms with van der Waals surface area (Å²) < 4.78 is 85.6. The van der Waals surface area contributed by atoms with Gasteiger partial charge in [0.2, 0.25) is 10.9 Å². The Hall–Kier alpha value is -7.58. The van der Waals surface area contributed by atoms with Crippen LogP contribution < -0.4 is 31.3 Å². The van der Waals surface area contributed by atoms with E-state index in [0.717, 1.165) is 35.4 Å². The Morgan fingerprint density at radius 2 is 0.971 bits per heavy atom. The third-order valence-electron chi connectivity index (χ3n) is 12.7. The number of nitrogens with one attached hydrogen (secondary N) is 2. The van der Waals surface area contributed by atoms with Crippen molar-refractivity contribution >= 4 is 58.2 Å². The predicted molar refractivity (Wildman–Crippen MR) is 241 cm³/mol. The zero-order valence-electron chi connectivity index (χ0n) is 35.9. The Labute approximate surface area is 400 Å². The average molecular weight is 1010 g/mol. The SMILES string of the molecule is O=C(NCc1ccc(F)c(Cl)c1F)c1cn2c(c(O)c1=O)C(=O)N1CC2CCc2ccc(F)cc21.O=C(NCc1ccc(F)c(Cl)c1F)c1cn2c(c(O)c1=O)C(=O)N1CC2CCc2ccc(F)cc21.